The van der Waals surface area contributed by atoms with Crippen LogP contribution in [0.5, 0.6) is 11.5 Å². The molecule has 10 heteroatoms. The lowest BCUT2D eigenvalue weighted by atomic mass is 10.2. The summed E-state index contributed by atoms with van der Waals surface area (Å²) in [5, 5.41) is 10.2. The number of aromatic carboxylic acids is 1. The van der Waals surface area contributed by atoms with Gasteiger partial charge in [0.25, 0.3) is 0 Å². The van der Waals surface area contributed by atoms with E-state index in [2.05, 4.69) is 9.97 Å². The minimum atomic E-state index is -1.10. The molecule has 0 fully saturated rings. The molecule has 2 heterocycles. The summed E-state index contributed by atoms with van der Waals surface area (Å²) < 4.78 is 43.7. The van der Waals surface area contributed by atoms with Crippen LogP contribution in [-0.2, 0) is 18.0 Å². The second kappa shape index (κ2) is 13.6. The lowest BCUT2D eigenvalue weighted by molar-refractivity contribution is 0.0520. The molecule has 0 aliphatic carbocycles. The van der Waals surface area contributed by atoms with Gasteiger partial charge in [-0.2, -0.15) is 0 Å². The number of fused-ring (bicyclic) bond motifs is 2. The zero-order valence-electron chi connectivity index (χ0n) is 23.6. The number of aromatic amines is 2. The highest BCUT2D eigenvalue weighted by molar-refractivity contribution is 5.97. The second-order valence-electron chi connectivity index (χ2n) is 9.67. The number of benzene rings is 4. The van der Waals surface area contributed by atoms with Gasteiger partial charge < -0.3 is 29.3 Å². The maximum atomic E-state index is 13.8. The fraction of sp³-hybridized carbons (Fsp3) is 0.118. The molecule has 0 saturated heterocycles. The molecule has 0 bridgehead atoms. The maximum absolute atomic E-state index is 13.8. The van der Waals surface area contributed by atoms with Crippen LogP contribution in [0.2, 0.25) is 0 Å². The lowest BCUT2D eigenvalue weighted by Gasteiger charge is -2.07. The fourth-order valence-electron chi connectivity index (χ4n) is 4.49. The van der Waals surface area contributed by atoms with Gasteiger partial charge in [-0.25, -0.2) is 18.4 Å². The number of carbonyl (C=O) groups is 2. The molecule has 0 saturated carbocycles. The van der Waals surface area contributed by atoms with E-state index in [1.54, 1.807) is 13.0 Å². The van der Waals surface area contributed by atoms with Crippen molar-refractivity contribution < 1.29 is 37.7 Å². The molecule has 6 rings (SSSR count). The lowest BCUT2D eigenvalue weighted by Crippen LogP contribution is -2.04. The number of nitrogens with one attached hydrogen (secondary N) is 2. The van der Waals surface area contributed by atoms with Crippen LogP contribution in [0.4, 0.5) is 8.78 Å². The van der Waals surface area contributed by atoms with Crippen molar-refractivity contribution in [2.75, 3.05) is 6.61 Å². The van der Waals surface area contributed by atoms with Gasteiger partial charge in [-0.1, -0.05) is 60.7 Å². The number of carbonyl (C=O) groups excluding carboxylic acids is 1. The van der Waals surface area contributed by atoms with Crippen molar-refractivity contribution in [1.29, 1.82) is 0 Å². The smallest absolute Gasteiger partial charge is 0.354 e. The van der Waals surface area contributed by atoms with E-state index in [9.17, 15) is 18.4 Å². The Morgan fingerprint density at radius 2 is 1.14 bits per heavy atom. The molecule has 0 amide bonds. The second-order valence-corrected chi connectivity index (χ2v) is 9.67. The summed E-state index contributed by atoms with van der Waals surface area (Å²) in [6.45, 7) is 2.61. The van der Waals surface area contributed by atoms with E-state index in [-0.39, 0.29) is 24.6 Å². The van der Waals surface area contributed by atoms with Crippen molar-refractivity contribution >= 4 is 33.7 Å². The number of rotatable bonds is 9. The van der Waals surface area contributed by atoms with Crippen LogP contribution in [0.3, 0.4) is 0 Å². The van der Waals surface area contributed by atoms with E-state index in [0.29, 0.717) is 39.9 Å². The first-order valence-electron chi connectivity index (χ1n) is 13.7. The van der Waals surface area contributed by atoms with Crippen molar-refractivity contribution in [3.8, 4) is 11.5 Å². The van der Waals surface area contributed by atoms with E-state index >= 15 is 0 Å². The summed E-state index contributed by atoms with van der Waals surface area (Å²) >= 11 is 0. The highest BCUT2D eigenvalue weighted by Gasteiger charge is 2.15. The van der Waals surface area contributed by atoms with Crippen molar-refractivity contribution in [3.05, 3.63) is 131 Å². The van der Waals surface area contributed by atoms with Gasteiger partial charge in [0.05, 0.1) is 17.6 Å². The highest BCUT2D eigenvalue weighted by Crippen LogP contribution is 2.30. The third-order valence-electron chi connectivity index (χ3n) is 6.53. The maximum Gasteiger partial charge on any atom is 0.354 e. The minimum Gasteiger partial charge on any atom is -0.488 e. The predicted molar refractivity (Wildman–Crippen MR) is 161 cm³/mol. The van der Waals surface area contributed by atoms with Crippen LogP contribution in [0, 0.1) is 11.6 Å². The highest BCUT2D eigenvalue weighted by atomic mass is 19.1. The van der Waals surface area contributed by atoms with Gasteiger partial charge in [-0.15, -0.1) is 0 Å². The molecule has 44 heavy (non-hydrogen) atoms. The van der Waals surface area contributed by atoms with Crippen molar-refractivity contribution in [2.45, 2.75) is 20.1 Å². The normalized spacial score (nSPS) is 10.7. The Kier molecular flexibility index (Phi) is 9.19. The van der Waals surface area contributed by atoms with Crippen LogP contribution < -0.4 is 9.47 Å². The summed E-state index contributed by atoms with van der Waals surface area (Å²) in [5.74, 6) is -1.78. The molecule has 224 valence electrons. The first kappa shape index (κ1) is 29.8. The van der Waals surface area contributed by atoms with Gasteiger partial charge >= 0.3 is 11.9 Å². The Hall–Kier alpha value is -5.64. The van der Waals surface area contributed by atoms with Crippen LogP contribution >= 0.6 is 0 Å². The largest absolute Gasteiger partial charge is 0.488 e. The van der Waals surface area contributed by atoms with Gasteiger partial charge in [0.1, 0.15) is 47.7 Å². The number of hydrogen-bond acceptors (Lipinski definition) is 5. The average molecular weight is 599 g/mol. The van der Waals surface area contributed by atoms with Gasteiger partial charge in [0, 0.05) is 22.9 Å². The Bertz CT molecular complexity index is 1900. The number of esters is 1. The van der Waals surface area contributed by atoms with Gasteiger partial charge in [-0.05, 0) is 42.3 Å². The van der Waals surface area contributed by atoms with E-state index < -0.39 is 23.6 Å². The van der Waals surface area contributed by atoms with Crippen molar-refractivity contribution in [2.24, 2.45) is 0 Å². The summed E-state index contributed by atoms with van der Waals surface area (Å²) in [7, 11) is 0. The van der Waals surface area contributed by atoms with Crippen LogP contribution in [-0.4, -0.2) is 33.6 Å². The first-order chi connectivity index (χ1) is 21.3. The van der Waals surface area contributed by atoms with E-state index in [1.807, 2.05) is 60.7 Å². The molecule has 0 aliphatic heterocycles. The quantitative estimate of drug-likeness (QED) is 0.147. The molecule has 4 aromatic carbocycles. The first-order valence-corrected chi connectivity index (χ1v) is 13.7. The zero-order valence-corrected chi connectivity index (χ0v) is 23.6. The molecule has 0 atom stereocenters. The van der Waals surface area contributed by atoms with Crippen LogP contribution in [0.15, 0.2) is 97.1 Å². The number of H-pyrrole nitrogens is 2. The Morgan fingerprint density at radius 3 is 1.59 bits per heavy atom. The number of hydrogen-bond donors (Lipinski definition) is 3. The number of carboxylic acids is 1. The molecular weight excluding hydrogens is 570 g/mol. The number of aromatic nitrogens is 2. The third kappa shape index (κ3) is 7.22. The molecular formula is C34H28F2N2O6. The standard InChI is InChI=1S/C18H16FNO3.C16H12FNO3/c1-2-22-18(21)16-10-14-15(20-16)8-13(19)9-17(14)23-11-12-6-4-3-5-7-12;17-11-6-13-12(8-14(18-13)16(19)20)15(7-11)21-9-10-4-2-1-3-5-10/h3-10,20H,2,11H2,1H3;1-8,18H,9H2,(H,19,20). The van der Waals surface area contributed by atoms with Gasteiger partial charge in [0.15, 0.2) is 0 Å². The van der Waals surface area contributed by atoms with Crippen LogP contribution in [0.1, 0.15) is 39.0 Å². The van der Waals surface area contributed by atoms with Crippen molar-refractivity contribution in [3.63, 3.8) is 0 Å². The molecule has 3 N–H and O–H groups in total. The zero-order chi connectivity index (χ0) is 31.1. The summed E-state index contributed by atoms with van der Waals surface area (Å²) in [5.41, 5.74) is 3.10. The number of carboxylic acid groups (broad SMARTS) is 1. The van der Waals surface area contributed by atoms with Crippen LogP contribution in [0.25, 0.3) is 21.8 Å². The third-order valence-corrected chi connectivity index (χ3v) is 6.53. The average Bonchev–Trinajstić information content (AvgIpc) is 3.65. The van der Waals surface area contributed by atoms with Gasteiger partial charge in [-0.3, -0.25) is 0 Å². The SMILES string of the molecule is CCOC(=O)c1cc2c(OCc3ccccc3)cc(F)cc2[nH]1.O=C(O)c1cc2c(OCc3ccccc3)cc(F)cc2[nH]1. The summed E-state index contributed by atoms with van der Waals surface area (Å²) in [6, 6.07) is 27.3. The Balaban J connectivity index is 0.000000175. The molecule has 0 spiro atoms. The fourth-order valence-corrected chi connectivity index (χ4v) is 4.49. The molecule has 0 radical (unpaired) electrons. The topological polar surface area (TPSA) is 114 Å². The monoisotopic (exact) mass is 598 g/mol. The van der Waals surface area contributed by atoms with E-state index in [4.69, 9.17) is 19.3 Å². The van der Waals surface area contributed by atoms with Gasteiger partial charge in [0.2, 0.25) is 0 Å². The van der Waals surface area contributed by atoms with E-state index in [0.717, 1.165) is 11.1 Å². The van der Waals surface area contributed by atoms with E-state index in [1.165, 1.54) is 30.3 Å². The molecule has 8 nitrogen and oxygen atoms in total. The summed E-state index contributed by atoms with van der Waals surface area (Å²) in [6.07, 6.45) is 0. The Morgan fingerprint density at radius 1 is 0.682 bits per heavy atom. The number of halogens is 2. The molecule has 6 aromatic rings. The molecule has 0 unspecified atom stereocenters. The van der Waals surface area contributed by atoms with Crippen molar-refractivity contribution in [1.82, 2.24) is 9.97 Å². The predicted octanol–water partition coefficient (Wildman–Crippen LogP) is 7.65. The molecule has 0 aliphatic rings. The molecule has 2 aromatic heterocycles. The Labute approximate surface area is 250 Å². The summed E-state index contributed by atoms with van der Waals surface area (Å²) in [4.78, 5) is 28.3. The number of ether oxygens (including phenoxy) is 3. The minimum absolute atomic E-state index is 0.000149.